The van der Waals surface area contributed by atoms with Gasteiger partial charge in [-0.2, -0.15) is 13.2 Å². The number of pyridine rings is 1. The Balaban J connectivity index is 1.82. The Morgan fingerprint density at radius 2 is 1.63 bits per heavy atom. The van der Waals surface area contributed by atoms with Crippen LogP contribution in [0.5, 0.6) is 0 Å². The molecule has 27 heavy (non-hydrogen) atoms. The second-order valence-corrected chi connectivity index (χ2v) is 5.95. The first-order valence-electron chi connectivity index (χ1n) is 8.08. The fraction of sp³-hybridized carbons (Fsp3) is 0.0500. The van der Waals surface area contributed by atoms with Crippen LogP contribution >= 0.6 is 0 Å². The van der Waals surface area contributed by atoms with Crippen molar-refractivity contribution in [1.82, 2.24) is 15.0 Å². The van der Waals surface area contributed by atoms with Crippen LogP contribution in [-0.4, -0.2) is 15.0 Å². The van der Waals surface area contributed by atoms with E-state index in [0.717, 1.165) is 28.6 Å². The van der Waals surface area contributed by atoms with E-state index in [9.17, 15) is 13.2 Å². The summed E-state index contributed by atoms with van der Waals surface area (Å²) < 4.78 is 38.3. The summed E-state index contributed by atoms with van der Waals surface area (Å²) in [6.45, 7) is 0. The van der Waals surface area contributed by atoms with Crippen molar-refractivity contribution in [1.29, 1.82) is 0 Å². The van der Waals surface area contributed by atoms with Gasteiger partial charge in [0.2, 0.25) is 0 Å². The van der Waals surface area contributed by atoms with Gasteiger partial charge < -0.3 is 5.73 Å². The third-order valence-electron chi connectivity index (χ3n) is 4.14. The lowest BCUT2D eigenvalue weighted by molar-refractivity contribution is -0.137. The highest BCUT2D eigenvalue weighted by Crippen LogP contribution is 2.32. The molecule has 4 aromatic rings. The van der Waals surface area contributed by atoms with Crippen LogP contribution in [0, 0.1) is 0 Å². The van der Waals surface area contributed by atoms with Gasteiger partial charge in [0.15, 0.2) is 5.82 Å². The van der Waals surface area contributed by atoms with E-state index < -0.39 is 11.7 Å². The van der Waals surface area contributed by atoms with Gasteiger partial charge in [0.25, 0.3) is 0 Å². The van der Waals surface area contributed by atoms with Gasteiger partial charge in [-0.1, -0.05) is 30.3 Å². The molecule has 134 valence electrons. The molecule has 0 atom stereocenters. The molecule has 4 rings (SSSR count). The molecular formula is C20H13F3N4. The number of nitrogens with zero attached hydrogens (tertiary/aromatic N) is 3. The van der Waals surface area contributed by atoms with E-state index in [4.69, 9.17) is 5.73 Å². The summed E-state index contributed by atoms with van der Waals surface area (Å²) in [6.07, 6.45) is -2.69. The number of nitrogen functional groups attached to an aromatic ring is 1. The van der Waals surface area contributed by atoms with Gasteiger partial charge in [0.05, 0.1) is 16.8 Å². The molecule has 0 bridgehead atoms. The van der Waals surface area contributed by atoms with Crippen molar-refractivity contribution in [2.75, 3.05) is 5.73 Å². The number of benzene rings is 2. The Kier molecular flexibility index (Phi) is 3.99. The highest BCUT2D eigenvalue weighted by molar-refractivity contribution is 5.93. The highest BCUT2D eigenvalue weighted by atomic mass is 19.4. The number of nitrogens with two attached hydrogens (primary N) is 1. The zero-order valence-electron chi connectivity index (χ0n) is 13.9. The Hall–Kier alpha value is -3.48. The van der Waals surface area contributed by atoms with Crippen molar-refractivity contribution in [2.24, 2.45) is 0 Å². The smallest absolute Gasteiger partial charge is 0.384 e. The summed E-state index contributed by atoms with van der Waals surface area (Å²) in [5, 5.41) is 0.865. The minimum Gasteiger partial charge on any atom is -0.384 e. The largest absolute Gasteiger partial charge is 0.416 e. The van der Waals surface area contributed by atoms with E-state index in [1.807, 2.05) is 30.3 Å². The van der Waals surface area contributed by atoms with Gasteiger partial charge >= 0.3 is 6.18 Å². The average molecular weight is 366 g/mol. The van der Waals surface area contributed by atoms with E-state index in [0.29, 0.717) is 17.1 Å². The molecule has 2 N–H and O–H groups in total. The van der Waals surface area contributed by atoms with E-state index in [1.54, 1.807) is 6.20 Å². The van der Waals surface area contributed by atoms with Gasteiger partial charge in [0.1, 0.15) is 5.82 Å². The van der Waals surface area contributed by atoms with E-state index in [1.165, 1.54) is 18.2 Å². The Morgan fingerprint density at radius 1 is 0.852 bits per heavy atom. The number of halogens is 3. The molecule has 2 aromatic heterocycles. The van der Waals surface area contributed by atoms with Crippen molar-refractivity contribution in [3.8, 4) is 22.6 Å². The van der Waals surface area contributed by atoms with E-state index in [-0.39, 0.29) is 5.82 Å². The molecule has 4 nitrogen and oxygen atoms in total. The SMILES string of the molecule is Nc1cc(-c2ccc(C(F)(F)F)cc2)nc(-c2cccc3ncccc23)n1. The first-order chi connectivity index (χ1) is 12.9. The van der Waals surface area contributed by atoms with Crippen LogP contribution in [0.1, 0.15) is 5.56 Å². The van der Waals surface area contributed by atoms with E-state index >= 15 is 0 Å². The molecule has 0 aliphatic heterocycles. The minimum absolute atomic E-state index is 0.232. The molecule has 0 radical (unpaired) electrons. The maximum absolute atomic E-state index is 12.8. The first-order valence-corrected chi connectivity index (χ1v) is 8.08. The molecule has 0 spiro atoms. The van der Waals surface area contributed by atoms with Crippen LogP contribution in [0.2, 0.25) is 0 Å². The molecule has 0 aliphatic carbocycles. The summed E-state index contributed by atoms with van der Waals surface area (Å²) in [7, 11) is 0. The van der Waals surface area contributed by atoms with Crippen LogP contribution in [-0.2, 0) is 6.18 Å². The number of hydrogen-bond donors (Lipinski definition) is 1. The molecule has 0 saturated heterocycles. The number of anilines is 1. The van der Waals surface area contributed by atoms with Crippen LogP contribution < -0.4 is 5.73 Å². The first kappa shape index (κ1) is 17.0. The zero-order chi connectivity index (χ0) is 19.0. The molecule has 0 amide bonds. The molecule has 0 unspecified atom stereocenters. The lowest BCUT2D eigenvalue weighted by atomic mass is 10.1. The lowest BCUT2D eigenvalue weighted by Crippen LogP contribution is -2.04. The molecular weight excluding hydrogens is 353 g/mol. The normalized spacial score (nSPS) is 11.7. The molecule has 7 heteroatoms. The quantitative estimate of drug-likeness (QED) is 0.545. The fourth-order valence-corrected chi connectivity index (χ4v) is 2.86. The average Bonchev–Trinajstić information content (AvgIpc) is 2.66. The van der Waals surface area contributed by atoms with Gasteiger partial charge in [-0.15, -0.1) is 0 Å². The van der Waals surface area contributed by atoms with Crippen molar-refractivity contribution in [3.63, 3.8) is 0 Å². The fourth-order valence-electron chi connectivity index (χ4n) is 2.86. The summed E-state index contributed by atoms with van der Waals surface area (Å²) in [5.74, 6) is 0.624. The maximum atomic E-state index is 12.8. The number of alkyl halides is 3. The van der Waals surface area contributed by atoms with Crippen LogP contribution in [0.15, 0.2) is 66.9 Å². The van der Waals surface area contributed by atoms with Crippen molar-refractivity contribution in [2.45, 2.75) is 6.18 Å². The van der Waals surface area contributed by atoms with Crippen LogP contribution in [0.4, 0.5) is 19.0 Å². The molecule has 0 saturated carbocycles. The van der Waals surface area contributed by atoms with Crippen LogP contribution in [0.3, 0.4) is 0 Å². The van der Waals surface area contributed by atoms with Crippen molar-refractivity contribution in [3.05, 3.63) is 72.4 Å². The molecule has 2 heterocycles. The number of fused-ring (bicyclic) bond motifs is 1. The topological polar surface area (TPSA) is 64.7 Å². The number of rotatable bonds is 2. The van der Waals surface area contributed by atoms with Crippen LogP contribution in [0.25, 0.3) is 33.5 Å². The Morgan fingerprint density at radius 3 is 2.37 bits per heavy atom. The number of hydrogen-bond acceptors (Lipinski definition) is 4. The third-order valence-corrected chi connectivity index (χ3v) is 4.14. The predicted octanol–water partition coefficient (Wildman–Crippen LogP) is 4.96. The molecule has 0 fully saturated rings. The summed E-state index contributed by atoms with van der Waals surface area (Å²) in [4.78, 5) is 13.1. The summed E-state index contributed by atoms with van der Waals surface area (Å²) in [5.41, 5.74) is 7.73. The third kappa shape index (κ3) is 3.31. The monoisotopic (exact) mass is 366 g/mol. The van der Waals surface area contributed by atoms with Crippen molar-refractivity contribution < 1.29 is 13.2 Å². The second-order valence-electron chi connectivity index (χ2n) is 5.95. The standard InChI is InChI=1S/C20H13F3N4/c21-20(22,23)13-8-6-12(7-9-13)17-11-18(24)27-19(26-17)15-3-1-5-16-14(15)4-2-10-25-16/h1-11H,(H2,24,26,27). The van der Waals surface area contributed by atoms with Gasteiger partial charge in [-0.3, -0.25) is 4.98 Å². The second kappa shape index (κ2) is 6.35. The zero-order valence-corrected chi connectivity index (χ0v) is 13.9. The van der Waals surface area contributed by atoms with E-state index in [2.05, 4.69) is 15.0 Å². The maximum Gasteiger partial charge on any atom is 0.416 e. The summed E-state index contributed by atoms with van der Waals surface area (Å²) in [6, 6.07) is 15.6. The molecule has 0 aliphatic rings. The number of aromatic nitrogens is 3. The van der Waals surface area contributed by atoms with Gasteiger partial charge in [-0.25, -0.2) is 9.97 Å². The van der Waals surface area contributed by atoms with Gasteiger partial charge in [0, 0.05) is 28.8 Å². The predicted molar refractivity (Wildman–Crippen MR) is 97.6 cm³/mol. The van der Waals surface area contributed by atoms with Crippen molar-refractivity contribution >= 4 is 16.7 Å². The Bertz CT molecular complexity index is 1120. The minimum atomic E-state index is -4.38. The van der Waals surface area contributed by atoms with Gasteiger partial charge in [-0.05, 0) is 24.3 Å². The summed E-state index contributed by atoms with van der Waals surface area (Å²) >= 11 is 0. The molecule has 2 aromatic carbocycles. The lowest BCUT2D eigenvalue weighted by Gasteiger charge is -2.10. The Labute approximate surface area is 152 Å². The highest BCUT2D eigenvalue weighted by Gasteiger charge is 2.30.